The van der Waals surface area contributed by atoms with Gasteiger partial charge in [-0.1, -0.05) is 12.1 Å². The van der Waals surface area contributed by atoms with Crippen LogP contribution in [0.15, 0.2) is 30.6 Å². The zero-order valence-electron chi connectivity index (χ0n) is 12.0. The fraction of sp³-hybridized carbons (Fsp3) is 0.312. The fourth-order valence-corrected chi connectivity index (χ4v) is 2.42. The Morgan fingerprint density at radius 2 is 1.63 bits per heavy atom. The Morgan fingerprint density at radius 1 is 0.947 bits per heavy atom. The van der Waals surface area contributed by atoms with Crippen LogP contribution in [0.1, 0.15) is 39.4 Å². The summed E-state index contributed by atoms with van der Waals surface area (Å²) in [5, 5.41) is 0. The standard InChI is InChI=1S/C16H21N3/c1-10-5-6-18-9-15(10)16(19-17)14-8-12(3)11(2)7-13(14)4/h5-9,16,19H,17H2,1-4H3. The zero-order valence-corrected chi connectivity index (χ0v) is 12.0. The molecule has 0 amide bonds. The maximum atomic E-state index is 5.78. The second-order valence-corrected chi connectivity index (χ2v) is 5.12. The third-order valence-electron chi connectivity index (χ3n) is 3.75. The lowest BCUT2D eigenvalue weighted by Crippen LogP contribution is -2.30. The van der Waals surface area contributed by atoms with Crippen LogP contribution in [0.4, 0.5) is 0 Å². The van der Waals surface area contributed by atoms with Crippen molar-refractivity contribution in [3.8, 4) is 0 Å². The van der Waals surface area contributed by atoms with Gasteiger partial charge in [-0.3, -0.25) is 10.8 Å². The molecule has 100 valence electrons. The third-order valence-corrected chi connectivity index (χ3v) is 3.75. The average molecular weight is 255 g/mol. The van der Waals surface area contributed by atoms with Gasteiger partial charge >= 0.3 is 0 Å². The van der Waals surface area contributed by atoms with Gasteiger partial charge in [0.25, 0.3) is 0 Å². The topological polar surface area (TPSA) is 50.9 Å². The minimum atomic E-state index is -0.0204. The third kappa shape index (κ3) is 2.67. The van der Waals surface area contributed by atoms with E-state index in [0.29, 0.717) is 0 Å². The fourth-order valence-electron chi connectivity index (χ4n) is 2.42. The van der Waals surface area contributed by atoms with Crippen LogP contribution >= 0.6 is 0 Å². The number of pyridine rings is 1. The molecule has 0 aliphatic heterocycles. The summed E-state index contributed by atoms with van der Waals surface area (Å²) < 4.78 is 0. The highest BCUT2D eigenvalue weighted by Gasteiger charge is 2.17. The van der Waals surface area contributed by atoms with E-state index in [1.807, 2.05) is 12.3 Å². The number of hydrogen-bond donors (Lipinski definition) is 2. The van der Waals surface area contributed by atoms with Crippen LogP contribution in [0, 0.1) is 27.7 Å². The maximum absolute atomic E-state index is 5.78. The lowest BCUT2D eigenvalue weighted by molar-refractivity contribution is 0.627. The number of aryl methyl sites for hydroxylation is 4. The molecular formula is C16H21N3. The number of nitrogens with two attached hydrogens (primary N) is 1. The van der Waals surface area contributed by atoms with Gasteiger partial charge in [-0.05, 0) is 67.1 Å². The first-order chi connectivity index (χ1) is 9.04. The van der Waals surface area contributed by atoms with Gasteiger partial charge in [0.15, 0.2) is 0 Å². The Morgan fingerprint density at radius 3 is 2.26 bits per heavy atom. The van der Waals surface area contributed by atoms with Crippen LogP contribution in [0.5, 0.6) is 0 Å². The van der Waals surface area contributed by atoms with Crippen LogP contribution in [0.3, 0.4) is 0 Å². The van der Waals surface area contributed by atoms with Crippen molar-refractivity contribution in [2.45, 2.75) is 33.7 Å². The molecule has 3 N–H and O–H groups in total. The lowest BCUT2D eigenvalue weighted by Gasteiger charge is -2.21. The molecule has 3 nitrogen and oxygen atoms in total. The highest BCUT2D eigenvalue weighted by Crippen LogP contribution is 2.28. The number of hydrogen-bond acceptors (Lipinski definition) is 3. The summed E-state index contributed by atoms with van der Waals surface area (Å²) in [7, 11) is 0. The average Bonchev–Trinajstić information content (AvgIpc) is 2.38. The Hall–Kier alpha value is -1.71. The first-order valence-electron chi connectivity index (χ1n) is 6.49. The molecular weight excluding hydrogens is 234 g/mol. The van der Waals surface area contributed by atoms with E-state index < -0.39 is 0 Å². The van der Waals surface area contributed by atoms with Gasteiger partial charge in [0, 0.05) is 12.4 Å². The molecule has 0 aliphatic rings. The van der Waals surface area contributed by atoms with E-state index in [9.17, 15) is 0 Å². The Balaban J connectivity index is 2.55. The normalized spacial score (nSPS) is 12.5. The zero-order chi connectivity index (χ0) is 14.0. The van der Waals surface area contributed by atoms with Crippen molar-refractivity contribution in [1.29, 1.82) is 0 Å². The van der Waals surface area contributed by atoms with Crippen LogP contribution in [0.2, 0.25) is 0 Å². The first kappa shape index (κ1) is 13.7. The smallest absolute Gasteiger partial charge is 0.0730 e. The second kappa shape index (κ2) is 5.51. The van der Waals surface area contributed by atoms with Gasteiger partial charge in [-0.25, -0.2) is 5.43 Å². The van der Waals surface area contributed by atoms with Crippen molar-refractivity contribution in [2.24, 2.45) is 5.84 Å². The van der Waals surface area contributed by atoms with Crippen molar-refractivity contribution >= 4 is 0 Å². The van der Waals surface area contributed by atoms with Crippen LogP contribution < -0.4 is 11.3 Å². The molecule has 19 heavy (non-hydrogen) atoms. The molecule has 1 unspecified atom stereocenters. The van der Waals surface area contributed by atoms with E-state index in [0.717, 1.165) is 5.56 Å². The van der Waals surface area contributed by atoms with Crippen molar-refractivity contribution in [3.63, 3.8) is 0 Å². The number of hydrazine groups is 1. The number of nitrogens with one attached hydrogen (secondary N) is 1. The molecule has 0 radical (unpaired) electrons. The van der Waals surface area contributed by atoms with Crippen LogP contribution in [0.25, 0.3) is 0 Å². The number of rotatable bonds is 3. The molecule has 0 fully saturated rings. The van der Waals surface area contributed by atoms with Gasteiger partial charge < -0.3 is 0 Å². The Kier molecular flexibility index (Phi) is 3.98. The number of nitrogens with zero attached hydrogens (tertiary/aromatic N) is 1. The maximum Gasteiger partial charge on any atom is 0.0730 e. The van der Waals surface area contributed by atoms with E-state index in [4.69, 9.17) is 5.84 Å². The van der Waals surface area contributed by atoms with Gasteiger partial charge in [-0.15, -0.1) is 0 Å². The molecule has 1 heterocycles. The number of benzene rings is 1. The quantitative estimate of drug-likeness (QED) is 0.655. The molecule has 3 heteroatoms. The molecule has 0 saturated carbocycles. The lowest BCUT2D eigenvalue weighted by atomic mass is 9.91. The summed E-state index contributed by atoms with van der Waals surface area (Å²) in [6.07, 6.45) is 3.69. The molecule has 1 aromatic heterocycles. The second-order valence-electron chi connectivity index (χ2n) is 5.12. The Bertz CT molecular complexity index is 591. The van der Waals surface area contributed by atoms with Gasteiger partial charge in [-0.2, -0.15) is 0 Å². The van der Waals surface area contributed by atoms with Crippen molar-refractivity contribution in [2.75, 3.05) is 0 Å². The molecule has 1 aromatic carbocycles. The Labute approximate surface area is 114 Å². The minimum Gasteiger partial charge on any atom is -0.271 e. The summed E-state index contributed by atoms with van der Waals surface area (Å²) in [5.74, 6) is 5.78. The first-order valence-corrected chi connectivity index (χ1v) is 6.49. The summed E-state index contributed by atoms with van der Waals surface area (Å²) in [5.41, 5.74) is 10.3. The predicted molar refractivity (Wildman–Crippen MR) is 78.8 cm³/mol. The molecule has 2 aromatic rings. The van der Waals surface area contributed by atoms with Gasteiger partial charge in [0.05, 0.1) is 6.04 Å². The largest absolute Gasteiger partial charge is 0.271 e. The predicted octanol–water partition coefficient (Wildman–Crippen LogP) is 2.87. The summed E-state index contributed by atoms with van der Waals surface area (Å²) in [4.78, 5) is 4.21. The van der Waals surface area contributed by atoms with E-state index in [1.54, 1.807) is 6.20 Å². The highest BCUT2D eigenvalue weighted by atomic mass is 15.2. The van der Waals surface area contributed by atoms with Crippen LogP contribution in [-0.4, -0.2) is 4.98 Å². The van der Waals surface area contributed by atoms with Crippen molar-refractivity contribution in [3.05, 3.63) is 64.0 Å². The van der Waals surface area contributed by atoms with Crippen LogP contribution in [-0.2, 0) is 0 Å². The number of aromatic nitrogens is 1. The van der Waals surface area contributed by atoms with Crippen molar-refractivity contribution in [1.82, 2.24) is 10.4 Å². The molecule has 0 spiro atoms. The SMILES string of the molecule is Cc1cc(C)c(C(NN)c2cnccc2C)cc1C. The molecule has 1 atom stereocenters. The van der Waals surface area contributed by atoms with Gasteiger partial charge in [0.2, 0.25) is 0 Å². The summed E-state index contributed by atoms with van der Waals surface area (Å²) in [6, 6.07) is 6.41. The summed E-state index contributed by atoms with van der Waals surface area (Å²) >= 11 is 0. The molecule has 0 bridgehead atoms. The minimum absolute atomic E-state index is 0.0204. The van der Waals surface area contributed by atoms with E-state index in [2.05, 4.69) is 50.2 Å². The monoisotopic (exact) mass is 255 g/mol. The van der Waals surface area contributed by atoms with E-state index in [-0.39, 0.29) is 6.04 Å². The summed E-state index contributed by atoms with van der Waals surface area (Å²) in [6.45, 7) is 8.46. The van der Waals surface area contributed by atoms with Crippen molar-refractivity contribution < 1.29 is 0 Å². The van der Waals surface area contributed by atoms with E-state index >= 15 is 0 Å². The highest BCUT2D eigenvalue weighted by molar-refractivity contribution is 5.43. The van der Waals surface area contributed by atoms with Gasteiger partial charge in [0.1, 0.15) is 0 Å². The molecule has 0 saturated heterocycles. The molecule has 0 aliphatic carbocycles. The van der Waals surface area contributed by atoms with E-state index in [1.165, 1.54) is 27.8 Å². The molecule has 2 rings (SSSR count).